The average molecular weight is 277 g/mol. The van der Waals surface area contributed by atoms with Crippen LogP contribution in [0.1, 0.15) is 18.4 Å². The van der Waals surface area contributed by atoms with Crippen LogP contribution in [-0.4, -0.2) is 17.8 Å². The first-order chi connectivity index (χ1) is 9.56. The highest BCUT2D eigenvalue weighted by molar-refractivity contribution is 6.00. The number of imide groups is 1. The first-order valence-corrected chi connectivity index (χ1v) is 6.39. The van der Waals surface area contributed by atoms with Gasteiger partial charge in [-0.15, -0.1) is 0 Å². The highest BCUT2D eigenvalue weighted by Crippen LogP contribution is 2.35. The van der Waals surface area contributed by atoms with Crippen LogP contribution in [-0.2, 0) is 20.8 Å². The minimum Gasteiger partial charge on any atom is -0.423 e. The van der Waals surface area contributed by atoms with Crippen molar-refractivity contribution >= 4 is 17.8 Å². The number of amides is 2. The zero-order valence-electron chi connectivity index (χ0n) is 10.5. The molecule has 0 bridgehead atoms. The van der Waals surface area contributed by atoms with Crippen LogP contribution in [0.3, 0.4) is 0 Å². The van der Waals surface area contributed by atoms with E-state index < -0.39 is 29.5 Å². The zero-order valence-corrected chi connectivity index (χ0v) is 10.5. The largest absolute Gasteiger partial charge is 0.423 e. The van der Waals surface area contributed by atoms with Crippen LogP contribution in [0.2, 0.25) is 0 Å². The van der Waals surface area contributed by atoms with E-state index in [2.05, 4.69) is 5.32 Å². The number of nitrogens with one attached hydrogen (secondary N) is 1. The minimum atomic E-state index is -0.669. The van der Waals surface area contributed by atoms with Gasteiger partial charge in [-0.3, -0.25) is 19.7 Å². The van der Waals surface area contributed by atoms with Crippen molar-refractivity contribution in [2.45, 2.75) is 19.3 Å². The molecule has 2 amide bonds. The molecule has 0 saturated carbocycles. The number of rotatable bonds is 1. The molecule has 1 N–H and O–H groups in total. The van der Waals surface area contributed by atoms with Gasteiger partial charge in [-0.1, -0.05) is 12.1 Å². The number of halogens is 1. The summed E-state index contributed by atoms with van der Waals surface area (Å²) in [5, 5.41) is 2.22. The minimum absolute atomic E-state index is 0.0546. The summed E-state index contributed by atoms with van der Waals surface area (Å²) < 4.78 is 18.6. The van der Waals surface area contributed by atoms with Crippen molar-refractivity contribution in [1.82, 2.24) is 5.32 Å². The number of esters is 1. The third-order valence-corrected chi connectivity index (χ3v) is 3.76. The quantitative estimate of drug-likeness (QED) is 0.471. The van der Waals surface area contributed by atoms with Gasteiger partial charge in [0, 0.05) is 6.42 Å². The van der Waals surface area contributed by atoms with E-state index >= 15 is 0 Å². The molecule has 0 aromatic heterocycles. The van der Waals surface area contributed by atoms with Crippen LogP contribution >= 0.6 is 0 Å². The Bertz CT molecular complexity index is 613. The van der Waals surface area contributed by atoms with Crippen molar-refractivity contribution in [3.8, 4) is 5.75 Å². The molecule has 1 saturated heterocycles. The number of ether oxygens (including phenoxy) is 1. The predicted molar refractivity (Wildman–Crippen MR) is 65.1 cm³/mol. The molecule has 20 heavy (non-hydrogen) atoms. The van der Waals surface area contributed by atoms with Gasteiger partial charge in [0.15, 0.2) is 11.6 Å². The molecule has 104 valence electrons. The van der Waals surface area contributed by atoms with Gasteiger partial charge in [0.05, 0.1) is 11.8 Å². The van der Waals surface area contributed by atoms with E-state index in [0.29, 0.717) is 12.0 Å². The van der Waals surface area contributed by atoms with Crippen molar-refractivity contribution in [3.63, 3.8) is 0 Å². The second-order valence-corrected chi connectivity index (χ2v) is 5.02. The van der Waals surface area contributed by atoms with Crippen LogP contribution < -0.4 is 10.1 Å². The van der Waals surface area contributed by atoms with Gasteiger partial charge < -0.3 is 4.74 Å². The van der Waals surface area contributed by atoms with Crippen molar-refractivity contribution < 1.29 is 23.5 Å². The van der Waals surface area contributed by atoms with Crippen LogP contribution in [0, 0.1) is 17.7 Å². The summed E-state index contributed by atoms with van der Waals surface area (Å²) in [5.74, 6) is -3.31. The van der Waals surface area contributed by atoms with E-state index in [1.165, 1.54) is 12.1 Å². The Balaban J connectivity index is 1.87. The lowest BCUT2D eigenvalue weighted by molar-refractivity contribution is -0.149. The number of fused-ring (bicyclic) bond motifs is 1. The predicted octanol–water partition coefficient (Wildman–Crippen LogP) is 0.956. The Morgan fingerprint density at radius 3 is 2.75 bits per heavy atom. The summed E-state index contributed by atoms with van der Waals surface area (Å²) in [6.07, 6.45) is 0.767. The molecule has 6 heteroatoms. The molecular formula is C14H12FNO4. The molecule has 1 aromatic rings. The second-order valence-electron chi connectivity index (χ2n) is 5.02. The Kier molecular flexibility index (Phi) is 3.00. The van der Waals surface area contributed by atoms with E-state index in [-0.39, 0.29) is 24.5 Å². The Labute approximate surface area is 114 Å². The fraction of sp³-hybridized carbons (Fsp3) is 0.357. The van der Waals surface area contributed by atoms with E-state index in [1.807, 2.05) is 0 Å². The molecule has 1 aromatic carbocycles. The lowest BCUT2D eigenvalue weighted by Crippen LogP contribution is -2.47. The topological polar surface area (TPSA) is 72.5 Å². The third kappa shape index (κ3) is 2.07. The molecule has 2 aliphatic heterocycles. The summed E-state index contributed by atoms with van der Waals surface area (Å²) in [7, 11) is 0. The molecule has 1 fully saturated rings. The summed E-state index contributed by atoms with van der Waals surface area (Å²) in [4.78, 5) is 34.9. The maximum absolute atomic E-state index is 13.5. The lowest BCUT2D eigenvalue weighted by atomic mass is 9.80. The smallest absolute Gasteiger partial charge is 0.315 e. The highest BCUT2D eigenvalue weighted by Gasteiger charge is 2.41. The van der Waals surface area contributed by atoms with E-state index in [1.54, 1.807) is 6.07 Å². The van der Waals surface area contributed by atoms with Gasteiger partial charge in [0.1, 0.15) is 0 Å². The summed E-state index contributed by atoms with van der Waals surface area (Å²) in [5.41, 5.74) is 0.569. The van der Waals surface area contributed by atoms with E-state index in [9.17, 15) is 18.8 Å². The fourth-order valence-corrected chi connectivity index (χ4v) is 2.73. The molecule has 2 atom stereocenters. The Morgan fingerprint density at radius 2 is 2.00 bits per heavy atom. The molecule has 5 nitrogen and oxygen atoms in total. The number of benzene rings is 1. The fourth-order valence-electron chi connectivity index (χ4n) is 2.73. The summed E-state index contributed by atoms with van der Waals surface area (Å²) in [6, 6.07) is 4.43. The van der Waals surface area contributed by atoms with Crippen LogP contribution in [0.5, 0.6) is 5.75 Å². The molecule has 2 heterocycles. The van der Waals surface area contributed by atoms with Gasteiger partial charge >= 0.3 is 5.97 Å². The maximum Gasteiger partial charge on any atom is 0.315 e. The van der Waals surface area contributed by atoms with Crippen molar-refractivity contribution in [2.24, 2.45) is 11.8 Å². The first-order valence-electron chi connectivity index (χ1n) is 6.39. The van der Waals surface area contributed by atoms with E-state index in [4.69, 9.17) is 4.74 Å². The van der Waals surface area contributed by atoms with Gasteiger partial charge in [-0.2, -0.15) is 0 Å². The number of hydrogen-bond donors (Lipinski definition) is 1. The Morgan fingerprint density at radius 1 is 1.20 bits per heavy atom. The SMILES string of the molecule is O=C1CCC(C2Cc3cccc(F)c3OC2=O)C(=O)N1. The van der Waals surface area contributed by atoms with Gasteiger partial charge in [0.25, 0.3) is 0 Å². The number of hydrogen-bond acceptors (Lipinski definition) is 4. The second kappa shape index (κ2) is 4.70. The summed E-state index contributed by atoms with van der Waals surface area (Å²) >= 11 is 0. The standard InChI is InChI=1S/C14H12FNO4/c15-10-3-1-2-7-6-9(14(19)20-12(7)10)8-4-5-11(17)16-13(8)18/h1-3,8-9H,4-6H2,(H,16,17,18). The lowest BCUT2D eigenvalue weighted by Gasteiger charge is -2.30. The third-order valence-electron chi connectivity index (χ3n) is 3.76. The number of carbonyl (C=O) groups is 3. The van der Waals surface area contributed by atoms with Gasteiger partial charge in [0.2, 0.25) is 11.8 Å². The van der Waals surface area contributed by atoms with Crippen molar-refractivity contribution in [3.05, 3.63) is 29.6 Å². The van der Waals surface area contributed by atoms with Crippen molar-refractivity contribution in [2.75, 3.05) is 0 Å². The molecule has 2 unspecified atom stereocenters. The van der Waals surface area contributed by atoms with E-state index in [0.717, 1.165) is 0 Å². The molecule has 0 radical (unpaired) electrons. The van der Waals surface area contributed by atoms with Crippen LogP contribution in [0.25, 0.3) is 0 Å². The van der Waals surface area contributed by atoms with Gasteiger partial charge in [-0.25, -0.2) is 4.39 Å². The zero-order chi connectivity index (χ0) is 14.3. The number of piperidine rings is 1. The maximum atomic E-state index is 13.5. The monoisotopic (exact) mass is 277 g/mol. The number of carbonyl (C=O) groups excluding carboxylic acids is 3. The average Bonchev–Trinajstić information content (AvgIpc) is 2.40. The highest BCUT2D eigenvalue weighted by atomic mass is 19.1. The molecule has 0 aliphatic carbocycles. The van der Waals surface area contributed by atoms with Crippen molar-refractivity contribution in [1.29, 1.82) is 0 Å². The molecular weight excluding hydrogens is 265 g/mol. The van der Waals surface area contributed by atoms with Crippen LogP contribution in [0.15, 0.2) is 18.2 Å². The number of para-hydroxylation sites is 1. The molecule has 0 spiro atoms. The normalized spacial score (nSPS) is 25.8. The molecule has 2 aliphatic rings. The van der Waals surface area contributed by atoms with Crippen LogP contribution in [0.4, 0.5) is 4.39 Å². The van der Waals surface area contributed by atoms with Gasteiger partial charge in [-0.05, 0) is 24.5 Å². The molecule has 3 rings (SSSR count). The first kappa shape index (κ1) is 12.8. The Hall–Kier alpha value is -2.24. The summed E-state index contributed by atoms with van der Waals surface area (Å²) in [6.45, 7) is 0.